The predicted molar refractivity (Wildman–Crippen MR) is 67.1 cm³/mol. The van der Waals surface area contributed by atoms with E-state index in [1.54, 1.807) is 17.1 Å². The van der Waals surface area contributed by atoms with Crippen molar-refractivity contribution < 1.29 is 5.11 Å². The van der Waals surface area contributed by atoms with Gasteiger partial charge in [0.1, 0.15) is 0 Å². The summed E-state index contributed by atoms with van der Waals surface area (Å²) in [4.78, 5) is 0. The molecule has 2 N–H and O–H groups in total. The summed E-state index contributed by atoms with van der Waals surface area (Å²) in [6.45, 7) is 1.33. The highest BCUT2D eigenvalue weighted by Crippen LogP contribution is 2.07. The molecule has 7 heteroatoms. The quantitative estimate of drug-likeness (QED) is 0.825. The summed E-state index contributed by atoms with van der Waals surface area (Å²) in [5.41, 5.74) is 2.05. The third-order valence-electron chi connectivity index (χ3n) is 2.36. The number of hydrogen-bond donors (Lipinski definition) is 2. The first kappa shape index (κ1) is 13.5. The molecule has 2 heterocycles. The second-order valence-corrected chi connectivity index (χ2v) is 3.52. The molecule has 2 rings (SSSR count). The van der Waals surface area contributed by atoms with E-state index in [0.29, 0.717) is 13.1 Å². The van der Waals surface area contributed by atoms with E-state index < -0.39 is 0 Å². The predicted octanol–water partition coefficient (Wildman–Crippen LogP) is 0.643. The van der Waals surface area contributed by atoms with Crippen LogP contribution in [0.3, 0.4) is 0 Å². The molecule has 0 atom stereocenters. The number of aromatic nitrogens is 4. The average molecular weight is 258 g/mol. The van der Waals surface area contributed by atoms with Gasteiger partial charge >= 0.3 is 0 Å². The molecule has 0 aromatic carbocycles. The van der Waals surface area contributed by atoms with Gasteiger partial charge in [-0.3, -0.25) is 9.36 Å². The molecule has 0 fully saturated rings. The van der Waals surface area contributed by atoms with E-state index in [1.165, 1.54) is 0 Å². The van der Waals surface area contributed by atoms with Crippen LogP contribution in [-0.4, -0.2) is 31.3 Å². The second-order valence-electron chi connectivity index (χ2n) is 3.52. The zero-order valence-electron chi connectivity index (χ0n) is 9.58. The van der Waals surface area contributed by atoms with Crippen LogP contribution in [-0.2, 0) is 20.1 Å². The lowest BCUT2D eigenvalue weighted by atomic mass is 10.4. The Morgan fingerprint density at radius 2 is 2.24 bits per heavy atom. The van der Waals surface area contributed by atoms with Crippen molar-refractivity contribution in [3.63, 3.8) is 0 Å². The minimum absolute atomic E-state index is 0. The van der Waals surface area contributed by atoms with Crippen LogP contribution in [0.4, 0.5) is 5.69 Å². The van der Waals surface area contributed by atoms with E-state index in [0.717, 1.165) is 11.4 Å². The fourth-order valence-electron chi connectivity index (χ4n) is 1.45. The van der Waals surface area contributed by atoms with Crippen molar-refractivity contribution in [1.29, 1.82) is 0 Å². The number of nitrogens with zero attached hydrogens (tertiary/aromatic N) is 4. The molecule has 2 aromatic heterocycles. The normalized spacial score (nSPS) is 10.0. The van der Waals surface area contributed by atoms with Crippen molar-refractivity contribution in [2.45, 2.75) is 13.1 Å². The Hall–Kier alpha value is -1.53. The molecule has 17 heavy (non-hydrogen) atoms. The summed E-state index contributed by atoms with van der Waals surface area (Å²) in [7, 11) is 1.91. The molecule has 0 aliphatic rings. The maximum absolute atomic E-state index is 8.75. The Morgan fingerprint density at radius 3 is 2.88 bits per heavy atom. The van der Waals surface area contributed by atoms with Crippen molar-refractivity contribution in [3.8, 4) is 0 Å². The van der Waals surface area contributed by atoms with E-state index in [1.807, 2.05) is 24.0 Å². The fraction of sp³-hybridized carbons (Fsp3) is 0.400. The van der Waals surface area contributed by atoms with E-state index in [-0.39, 0.29) is 19.0 Å². The minimum atomic E-state index is 0. The fourth-order valence-corrected chi connectivity index (χ4v) is 1.45. The first-order chi connectivity index (χ1) is 7.79. The van der Waals surface area contributed by atoms with Crippen molar-refractivity contribution in [2.75, 3.05) is 11.9 Å². The highest BCUT2D eigenvalue weighted by molar-refractivity contribution is 5.85. The van der Waals surface area contributed by atoms with Gasteiger partial charge in [0.15, 0.2) is 0 Å². The molecule has 6 nitrogen and oxygen atoms in total. The van der Waals surface area contributed by atoms with Crippen LogP contribution in [0.2, 0.25) is 0 Å². The van der Waals surface area contributed by atoms with Crippen molar-refractivity contribution >= 4 is 18.1 Å². The van der Waals surface area contributed by atoms with Gasteiger partial charge in [0.25, 0.3) is 0 Å². The van der Waals surface area contributed by atoms with Crippen molar-refractivity contribution in [2.24, 2.45) is 7.05 Å². The molecule has 0 radical (unpaired) electrons. The lowest BCUT2D eigenvalue weighted by Gasteiger charge is -2.03. The zero-order chi connectivity index (χ0) is 11.4. The Morgan fingerprint density at radius 1 is 1.41 bits per heavy atom. The lowest BCUT2D eigenvalue weighted by molar-refractivity contribution is 0.269. The number of aliphatic hydroxyl groups excluding tert-OH is 1. The van der Waals surface area contributed by atoms with Gasteiger partial charge in [-0.05, 0) is 6.07 Å². The highest BCUT2D eigenvalue weighted by Gasteiger charge is 2.00. The molecule has 0 unspecified atom stereocenters. The van der Waals surface area contributed by atoms with Gasteiger partial charge < -0.3 is 10.4 Å². The maximum atomic E-state index is 8.75. The summed E-state index contributed by atoms with van der Waals surface area (Å²) in [6, 6.07) is 1.96. The first-order valence-corrected chi connectivity index (χ1v) is 5.13. The SMILES string of the molecule is Cl.Cn1nccc1CNc1cnn(CCO)c1. The summed E-state index contributed by atoms with van der Waals surface area (Å²) in [6.07, 6.45) is 5.38. The van der Waals surface area contributed by atoms with Gasteiger partial charge in [-0.1, -0.05) is 0 Å². The molecular weight excluding hydrogens is 242 g/mol. The lowest BCUT2D eigenvalue weighted by Crippen LogP contribution is -2.05. The second kappa shape index (κ2) is 6.27. The number of hydrogen-bond acceptors (Lipinski definition) is 4. The standard InChI is InChI=1S/C10H15N5O.ClH/c1-14-10(2-3-12-14)7-11-9-6-13-15(8-9)4-5-16;/h2-3,6,8,11,16H,4-5,7H2,1H3;1H. The third-order valence-corrected chi connectivity index (χ3v) is 2.36. The number of nitrogens with one attached hydrogen (secondary N) is 1. The summed E-state index contributed by atoms with van der Waals surface area (Å²) < 4.78 is 3.52. The number of anilines is 1. The maximum Gasteiger partial charge on any atom is 0.0729 e. The molecule has 0 saturated heterocycles. The van der Waals surface area contributed by atoms with Crippen LogP contribution in [0.25, 0.3) is 0 Å². The van der Waals surface area contributed by atoms with Gasteiger partial charge in [0.2, 0.25) is 0 Å². The summed E-state index contributed by atoms with van der Waals surface area (Å²) in [5, 5.41) is 20.2. The summed E-state index contributed by atoms with van der Waals surface area (Å²) >= 11 is 0. The number of aliphatic hydroxyl groups is 1. The van der Waals surface area contributed by atoms with E-state index in [9.17, 15) is 0 Å². The molecule has 0 bridgehead atoms. The van der Waals surface area contributed by atoms with Crippen LogP contribution < -0.4 is 5.32 Å². The molecular formula is C10H16ClN5O. The van der Waals surface area contributed by atoms with Gasteiger partial charge in [-0.25, -0.2) is 0 Å². The summed E-state index contributed by atoms with van der Waals surface area (Å²) in [5.74, 6) is 0. The van der Waals surface area contributed by atoms with E-state index >= 15 is 0 Å². The first-order valence-electron chi connectivity index (χ1n) is 5.13. The van der Waals surface area contributed by atoms with Crippen LogP contribution >= 0.6 is 12.4 Å². The van der Waals surface area contributed by atoms with Crippen LogP contribution in [0.1, 0.15) is 5.69 Å². The van der Waals surface area contributed by atoms with E-state index in [2.05, 4.69) is 15.5 Å². The number of halogens is 1. The topological polar surface area (TPSA) is 67.9 Å². The van der Waals surface area contributed by atoms with Crippen molar-refractivity contribution in [1.82, 2.24) is 19.6 Å². The monoisotopic (exact) mass is 257 g/mol. The van der Waals surface area contributed by atoms with Gasteiger partial charge in [0.05, 0.1) is 37.3 Å². The largest absolute Gasteiger partial charge is 0.394 e. The highest BCUT2D eigenvalue weighted by atomic mass is 35.5. The molecule has 0 spiro atoms. The molecule has 2 aromatic rings. The number of rotatable bonds is 5. The van der Waals surface area contributed by atoms with E-state index in [4.69, 9.17) is 5.11 Å². The van der Waals surface area contributed by atoms with Gasteiger partial charge in [-0.15, -0.1) is 12.4 Å². The molecule has 0 aliphatic carbocycles. The minimum Gasteiger partial charge on any atom is -0.394 e. The smallest absolute Gasteiger partial charge is 0.0729 e. The Kier molecular flexibility index (Phi) is 4.99. The Labute approximate surface area is 106 Å². The van der Waals surface area contributed by atoms with Crippen LogP contribution in [0, 0.1) is 0 Å². The van der Waals surface area contributed by atoms with Gasteiger partial charge in [0, 0.05) is 19.4 Å². The van der Waals surface area contributed by atoms with Crippen LogP contribution in [0.15, 0.2) is 24.7 Å². The molecule has 0 saturated carbocycles. The molecule has 94 valence electrons. The zero-order valence-corrected chi connectivity index (χ0v) is 10.4. The van der Waals surface area contributed by atoms with Crippen LogP contribution in [0.5, 0.6) is 0 Å². The Bertz CT molecular complexity index is 453. The van der Waals surface area contributed by atoms with Crippen molar-refractivity contribution in [3.05, 3.63) is 30.4 Å². The Balaban J connectivity index is 0.00000144. The molecule has 0 aliphatic heterocycles. The number of aryl methyl sites for hydroxylation is 1. The molecule has 0 amide bonds. The third kappa shape index (κ3) is 3.47. The average Bonchev–Trinajstić information content (AvgIpc) is 2.86. The van der Waals surface area contributed by atoms with Gasteiger partial charge in [-0.2, -0.15) is 10.2 Å².